The molecule has 1 rings (SSSR count). The van der Waals surface area contributed by atoms with Crippen LogP contribution in [-0.2, 0) is 0 Å². The van der Waals surface area contributed by atoms with Crippen LogP contribution in [-0.4, -0.2) is 25.5 Å². The molecule has 1 aromatic carbocycles. The molecule has 0 spiro atoms. The lowest BCUT2D eigenvalue weighted by Crippen LogP contribution is -2.15. The van der Waals surface area contributed by atoms with Crippen LogP contribution in [0.2, 0.25) is 0 Å². The number of hydrogen-bond acceptors (Lipinski definition) is 3. The normalized spacial score (nSPS) is 13.3. The van der Waals surface area contributed by atoms with E-state index in [2.05, 4.69) is 0 Å². The van der Waals surface area contributed by atoms with E-state index >= 15 is 0 Å². The highest BCUT2D eigenvalue weighted by Gasteiger charge is 2.34. The number of methoxy groups -OCH3 is 2. The highest BCUT2D eigenvalue weighted by molar-refractivity contribution is 5.46. The van der Waals surface area contributed by atoms with Gasteiger partial charge in [0.25, 0.3) is 0 Å². The summed E-state index contributed by atoms with van der Waals surface area (Å²) in [6.07, 6.45) is -7.50. The molecule has 6 heteroatoms. The van der Waals surface area contributed by atoms with Gasteiger partial charge in [-0.1, -0.05) is 6.07 Å². The standard InChI is InChI=1S/C11H13F3O3/c1-16-8-4-3-5-9(17-2)10(8)7(15)6-11(12,13)14/h3-5,7,15H,6H2,1-2H3. The summed E-state index contributed by atoms with van der Waals surface area (Å²) < 4.78 is 46.5. The third-order valence-electron chi connectivity index (χ3n) is 2.22. The van der Waals surface area contributed by atoms with Crippen molar-refractivity contribution >= 4 is 0 Å². The molecule has 1 N–H and O–H groups in total. The highest BCUT2D eigenvalue weighted by atomic mass is 19.4. The monoisotopic (exact) mass is 250 g/mol. The zero-order valence-electron chi connectivity index (χ0n) is 9.41. The number of alkyl halides is 3. The zero-order chi connectivity index (χ0) is 13.1. The molecule has 0 saturated carbocycles. The summed E-state index contributed by atoms with van der Waals surface area (Å²) in [4.78, 5) is 0. The van der Waals surface area contributed by atoms with Gasteiger partial charge in [-0.2, -0.15) is 13.2 Å². The maximum absolute atomic E-state index is 12.2. The Kier molecular flexibility index (Phi) is 4.22. The van der Waals surface area contributed by atoms with Gasteiger partial charge in [0.05, 0.1) is 32.3 Å². The van der Waals surface area contributed by atoms with Crippen LogP contribution in [0.5, 0.6) is 11.5 Å². The van der Waals surface area contributed by atoms with Crippen LogP contribution in [0.25, 0.3) is 0 Å². The first kappa shape index (κ1) is 13.6. The summed E-state index contributed by atoms with van der Waals surface area (Å²) in [5, 5.41) is 9.60. The van der Waals surface area contributed by atoms with E-state index in [4.69, 9.17) is 9.47 Å². The second kappa shape index (κ2) is 5.27. The SMILES string of the molecule is COc1cccc(OC)c1C(O)CC(F)(F)F. The number of ether oxygens (including phenoxy) is 2. The molecule has 0 radical (unpaired) electrons. The minimum atomic E-state index is -4.45. The van der Waals surface area contributed by atoms with Crippen LogP contribution in [0, 0.1) is 0 Å². The third kappa shape index (κ3) is 3.52. The summed E-state index contributed by atoms with van der Waals surface area (Å²) in [6, 6.07) is 4.51. The van der Waals surface area contributed by atoms with Crippen molar-refractivity contribution in [2.45, 2.75) is 18.7 Å². The molecule has 1 aromatic rings. The molecule has 1 atom stereocenters. The summed E-state index contributed by atoms with van der Waals surface area (Å²) >= 11 is 0. The van der Waals surface area contributed by atoms with Crippen LogP contribution in [0.1, 0.15) is 18.1 Å². The van der Waals surface area contributed by atoms with Crippen molar-refractivity contribution in [3.63, 3.8) is 0 Å². The van der Waals surface area contributed by atoms with E-state index in [9.17, 15) is 18.3 Å². The van der Waals surface area contributed by atoms with E-state index in [1.165, 1.54) is 26.4 Å². The first-order valence-electron chi connectivity index (χ1n) is 4.84. The van der Waals surface area contributed by atoms with Gasteiger partial charge in [0.1, 0.15) is 11.5 Å². The van der Waals surface area contributed by atoms with E-state index in [1.807, 2.05) is 0 Å². The molecule has 1 unspecified atom stereocenters. The molecule has 0 aliphatic rings. The number of hydrogen-bond donors (Lipinski definition) is 1. The van der Waals surface area contributed by atoms with Crippen LogP contribution in [0.3, 0.4) is 0 Å². The summed E-state index contributed by atoms with van der Waals surface area (Å²) in [7, 11) is 2.64. The van der Waals surface area contributed by atoms with E-state index in [-0.39, 0.29) is 17.1 Å². The summed E-state index contributed by atoms with van der Waals surface area (Å²) in [6.45, 7) is 0. The lowest BCUT2D eigenvalue weighted by Gasteiger charge is -2.19. The van der Waals surface area contributed by atoms with Gasteiger partial charge in [0, 0.05) is 0 Å². The molecule has 96 valence electrons. The topological polar surface area (TPSA) is 38.7 Å². The van der Waals surface area contributed by atoms with Crippen LogP contribution in [0.15, 0.2) is 18.2 Å². The average Bonchev–Trinajstić information content (AvgIpc) is 2.25. The minimum absolute atomic E-state index is 0.00910. The Hall–Kier alpha value is -1.43. The molecule has 3 nitrogen and oxygen atoms in total. The Balaban J connectivity index is 3.09. The number of benzene rings is 1. The Morgan fingerprint density at radius 2 is 1.65 bits per heavy atom. The van der Waals surface area contributed by atoms with Gasteiger partial charge < -0.3 is 14.6 Å². The maximum Gasteiger partial charge on any atom is 0.391 e. The third-order valence-corrected chi connectivity index (χ3v) is 2.22. The van der Waals surface area contributed by atoms with Gasteiger partial charge in [0.2, 0.25) is 0 Å². The predicted molar refractivity (Wildman–Crippen MR) is 55.2 cm³/mol. The molecule has 0 amide bonds. The molecule has 0 fully saturated rings. The second-order valence-corrected chi connectivity index (χ2v) is 3.41. The van der Waals surface area contributed by atoms with E-state index in [0.717, 1.165) is 0 Å². The van der Waals surface area contributed by atoms with Gasteiger partial charge >= 0.3 is 6.18 Å². The van der Waals surface area contributed by atoms with E-state index in [0.29, 0.717) is 0 Å². The van der Waals surface area contributed by atoms with E-state index < -0.39 is 18.7 Å². The van der Waals surface area contributed by atoms with Gasteiger partial charge in [0.15, 0.2) is 0 Å². The zero-order valence-corrected chi connectivity index (χ0v) is 9.41. The van der Waals surface area contributed by atoms with Crippen LogP contribution < -0.4 is 9.47 Å². The molecule has 0 bridgehead atoms. The Morgan fingerprint density at radius 3 is 2.00 bits per heavy atom. The first-order valence-corrected chi connectivity index (χ1v) is 4.84. The average molecular weight is 250 g/mol. The Morgan fingerprint density at radius 1 is 1.18 bits per heavy atom. The van der Waals surface area contributed by atoms with Gasteiger partial charge in [-0.25, -0.2) is 0 Å². The minimum Gasteiger partial charge on any atom is -0.496 e. The smallest absolute Gasteiger partial charge is 0.391 e. The second-order valence-electron chi connectivity index (χ2n) is 3.41. The van der Waals surface area contributed by atoms with E-state index in [1.54, 1.807) is 6.07 Å². The molecule has 0 aliphatic heterocycles. The van der Waals surface area contributed by atoms with Crippen molar-refractivity contribution in [2.75, 3.05) is 14.2 Å². The number of halogens is 3. The van der Waals surface area contributed by atoms with Crippen molar-refractivity contribution in [1.82, 2.24) is 0 Å². The lowest BCUT2D eigenvalue weighted by molar-refractivity contribution is -0.154. The predicted octanol–water partition coefficient (Wildman–Crippen LogP) is 2.69. The van der Waals surface area contributed by atoms with Gasteiger partial charge in [-0.05, 0) is 12.1 Å². The molecular weight excluding hydrogens is 237 g/mol. The number of aliphatic hydroxyl groups is 1. The molecule has 0 aliphatic carbocycles. The molecule has 0 aromatic heterocycles. The molecule has 0 heterocycles. The van der Waals surface area contributed by atoms with Crippen LogP contribution in [0.4, 0.5) is 13.2 Å². The van der Waals surface area contributed by atoms with Gasteiger partial charge in [-0.15, -0.1) is 0 Å². The maximum atomic E-state index is 12.2. The van der Waals surface area contributed by atoms with Crippen molar-refractivity contribution < 1.29 is 27.8 Å². The number of rotatable bonds is 4. The van der Waals surface area contributed by atoms with Crippen LogP contribution >= 0.6 is 0 Å². The quantitative estimate of drug-likeness (QED) is 0.892. The highest BCUT2D eigenvalue weighted by Crippen LogP contribution is 2.39. The lowest BCUT2D eigenvalue weighted by atomic mass is 10.0. The number of aliphatic hydroxyl groups excluding tert-OH is 1. The fourth-order valence-electron chi connectivity index (χ4n) is 1.53. The Bertz CT molecular complexity index is 354. The summed E-state index contributed by atoms with van der Waals surface area (Å²) in [5.41, 5.74) is 0.00910. The fourth-order valence-corrected chi connectivity index (χ4v) is 1.53. The van der Waals surface area contributed by atoms with Crippen molar-refractivity contribution in [3.8, 4) is 11.5 Å². The first-order chi connectivity index (χ1) is 7.89. The van der Waals surface area contributed by atoms with Gasteiger partial charge in [-0.3, -0.25) is 0 Å². The molecule has 17 heavy (non-hydrogen) atoms. The largest absolute Gasteiger partial charge is 0.496 e. The van der Waals surface area contributed by atoms with Crippen molar-refractivity contribution in [3.05, 3.63) is 23.8 Å². The Labute approximate surface area is 96.8 Å². The fraction of sp³-hybridized carbons (Fsp3) is 0.455. The molecular formula is C11H13F3O3. The molecule has 0 saturated heterocycles. The summed E-state index contributed by atoms with van der Waals surface area (Å²) in [5.74, 6) is 0.335. The van der Waals surface area contributed by atoms with Crippen molar-refractivity contribution in [2.24, 2.45) is 0 Å². The van der Waals surface area contributed by atoms with Crippen molar-refractivity contribution in [1.29, 1.82) is 0 Å².